The molecule has 12 heavy (non-hydrogen) atoms. The Kier molecular flexibility index (Phi) is 1.63. The second-order valence-electron chi connectivity index (χ2n) is 5.18. The van der Waals surface area contributed by atoms with Crippen molar-refractivity contribution in [3.8, 4) is 0 Å². The Morgan fingerprint density at radius 2 is 2.00 bits per heavy atom. The van der Waals surface area contributed by atoms with Crippen molar-refractivity contribution in [2.45, 2.75) is 33.6 Å². The molecule has 0 radical (unpaired) electrons. The van der Waals surface area contributed by atoms with Crippen molar-refractivity contribution >= 4 is 0 Å². The van der Waals surface area contributed by atoms with Gasteiger partial charge < -0.3 is 4.74 Å². The summed E-state index contributed by atoms with van der Waals surface area (Å²) >= 11 is 0. The van der Waals surface area contributed by atoms with Gasteiger partial charge in [-0.1, -0.05) is 32.4 Å². The molecule has 68 valence electrons. The van der Waals surface area contributed by atoms with Crippen molar-refractivity contribution in [3.63, 3.8) is 0 Å². The van der Waals surface area contributed by atoms with Crippen LogP contribution in [0.2, 0.25) is 0 Å². The first kappa shape index (κ1) is 8.31. The van der Waals surface area contributed by atoms with Crippen LogP contribution >= 0.6 is 0 Å². The number of allylic oxidation sites excluding steroid dienone is 1. The normalized spacial score (nSPS) is 27.1. The third-order valence-electron chi connectivity index (χ3n) is 3.11. The van der Waals surface area contributed by atoms with E-state index in [0.717, 1.165) is 13.2 Å². The van der Waals surface area contributed by atoms with E-state index in [1.165, 1.54) is 12.8 Å². The average Bonchev–Trinajstić information content (AvgIpc) is 2.25. The van der Waals surface area contributed by atoms with Gasteiger partial charge in [-0.2, -0.15) is 0 Å². The molecule has 1 fully saturated rings. The molecule has 1 heterocycles. The Morgan fingerprint density at radius 3 is 2.33 bits per heavy atom. The van der Waals surface area contributed by atoms with Gasteiger partial charge in [0.25, 0.3) is 0 Å². The van der Waals surface area contributed by atoms with E-state index in [-0.39, 0.29) is 0 Å². The summed E-state index contributed by atoms with van der Waals surface area (Å²) in [7, 11) is 0. The lowest BCUT2D eigenvalue weighted by molar-refractivity contribution is -0.0953. The van der Waals surface area contributed by atoms with Gasteiger partial charge in [-0.15, -0.1) is 0 Å². The molecule has 1 aliphatic carbocycles. The molecule has 0 amide bonds. The first-order chi connectivity index (χ1) is 5.55. The standard InChI is InChI=1S/C11H18O/c1-10(2,3)9-5-4-6-11(9)7-12-8-11/h5H,4,6-8H2,1-3H3. The fraction of sp³-hybridized carbons (Fsp3) is 0.818. The van der Waals surface area contributed by atoms with Crippen LogP contribution in [0.3, 0.4) is 0 Å². The van der Waals surface area contributed by atoms with Crippen molar-refractivity contribution in [1.82, 2.24) is 0 Å². The van der Waals surface area contributed by atoms with E-state index in [9.17, 15) is 0 Å². The van der Waals surface area contributed by atoms with Gasteiger partial charge in [0.2, 0.25) is 0 Å². The maximum atomic E-state index is 5.34. The molecule has 0 aromatic carbocycles. The van der Waals surface area contributed by atoms with E-state index < -0.39 is 0 Å². The Hall–Kier alpha value is -0.300. The second kappa shape index (κ2) is 2.35. The highest BCUT2D eigenvalue weighted by molar-refractivity contribution is 5.28. The van der Waals surface area contributed by atoms with Crippen LogP contribution in [0.15, 0.2) is 11.6 Å². The van der Waals surface area contributed by atoms with Crippen LogP contribution in [0.4, 0.5) is 0 Å². The molecule has 1 heteroatoms. The van der Waals surface area contributed by atoms with E-state index >= 15 is 0 Å². The minimum Gasteiger partial charge on any atom is -0.379 e. The van der Waals surface area contributed by atoms with Crippen molar-refractivity contribution in [2.24, 2.45) is 10.8 Å². The third-order valence-corrected chi connectivity index (χ3v) is 3.11. The first-order valence-corrected chi connectivity index (χ1v) is 4.83. The highest BCUT2D eigenvalue weighted by Gasteiger charge is 2.47. The van der Waals surface area contributed by atoms with Crippen LogP contribution in [0.25, 0.3) is 0 Å². The first-order valence-electron chi connectivity index (χ1n) is 4.83. The van der Waals surface area contributed by atoms with Crippen LogP contribution in [0, 0.1) is 10.8 Å². The van der Waals surface area contributed by atoms with Gasteiger partial charge in [0.1, 0.15) is 0 Å². The predicted octanol–water partition coefficient (Wildman–Crippen LogP) is 2.77. The minimum atomic E-state index is 0.347. The van der Waals surface area contributed by atoms with Gasteiger partial charge in [-0.25, -0.2) is 0 Å². The zero-order valence-corrected chi connectivity index (χ0v) is 8.31. The summed E-state index contributed by atoms with van der Waals surface area (Å²) in [6, 6.07) is 0. The summed E-state index contributed by atoms with van der Waals surface area (Å²) < 4.78 is 5.34. The lowest BCUT2D eigenvalue weighted by Crippen LogP contribution is -2.45. The summed E-state index contributed by atoms with van der Waals surface area (Å²) in [5, 5.41) is 0. The molecule has 1 spiro atoms. The number of rotatable bonds is 0. The van der Waals surface area contributed by atoms with Crippen molar-refractivity contribution in [1.29, 1.82) is 0 Å². The SMILES string of the molecule is CC(C)(C)C1=CCCC12COC2. The highest BCUT2D eigenvalue weighted by atomic mass is 16.5. The largest absolute Gasteiger partial charge is 0.379 e. The van der Waals surface area contributed by atoms with Gasteiger partial charge in [-0.05, 0) is 18.3 Å². The summed E-state index contributed by atoms with van der Waals surface area (Å²) in [5.41, 5.74) is 2.44. The molecule has 0 atom stereocenters. The summed E-state index contributed by atoms with van der Waals surface area (Å²) in [6.07, 6.45) is 5.01. The summed E-state index contributed by atoms with van der Waals surface area (Å²) in [5.74, 6) is 0. The fourth-order valence-corrected chi connectivity index (χ4v) is 2.59. The van der Waals surface area contributed by atoms with E-state index in [2.05, 4.69) is 26.8 Å². The molecule has 2 rings (SSSR count). The van der Waals surface area contributed by atoms with Crippen LogP contribution in [-0.4, -0.2) is 13.2 Å². The van der Waals surface area contributed by atoms with Crippen LogP contribution in [0.1, 0.15) is 33.6 Å². The predicted molar refractivity (Wildman–Crippen MR) is 50.0 cm³/mol. The molecule has 0 N–H and O–H groups in total. The highest BCUT2D eigenvalue weighted by Crippen LogP contribution is 2.51. The van der Waals surface area contributed by atoms with Crippen molar-refractivity contribution in [3.05, 3.63) is 11.6 Å². The van der Waals surface area contributed by atoms with Crippen molar-refractivity contribution in [2.75, 3.05) is 13.2 Å². The monoisotopic (exact) mass is 166 g/mol. The lowest BCUT2D eigenvalue weighted by atomic mass is 9.69. The fourth-order valence-electron chi connectivity index (χ4n) is 2.59. The van der Waals surface area contributed by atoms with Gasteiger partial charge >= 0.3 is 0 Å². The summed E-state index contributed by atoms with van der Waals surface area (Å²) in [4.78, 5) is 0. The molecular formula is C11H18O. The molecular weight excluding hydrogens is 148 g/mol. The topological polar surface area (TPSA) is 9.23 Å². The zero-order chi connectivity index (χ0) is 8.82. The quantitative estimate of drug-likeness (QED) is 0.503. The van der Waals surface area contributed by atoms with Gasteiger partial charge in [-0.3, -0.25) is 0 Å². The van der Waals surface area contributed by atoms with Crippen molar-refractivity contribution < 1.29 is 4.74 Å². The summed E-state index contributed by atoms with van der Waals surface area (Å²) in [6.45, 7) is 8.87. The van der Waals surface area contributed by atoms with E-state index in [1.807, 2.05) is 0 Å². The molecule has 2 aliphatic rings. The van der Waals surface area contributed by atoms with E-state index in [4.69, 9.17) is 4.74 Å². The smallest absolute Gasteiger partial charge is 0.0582 e. The van der Waals surface area contributed by atoms with Gasteiger partial charge in [0.05, 0.1) is 13.2 Å². The molecule has 0 aromatic rings. The Balaban J connectivity index is 2.24. The molecule has 1 nitrogen and oxygen atoms in total. The molecule has 0 bridgehead atoms. The molecule has 1 saturated heterocycles. The number of ether oxygens (including phenoxy) is 1. The number of hydrogen-bond acceptors (Lipinski definition) is 1. The van der Waals surface area contributed by atoms with Gasteiger partial charge in [0, 0.05) is 5.41 Å². The van der Waals surface area contributed by atoms with Crippen LogP contribution in [0.5, 0.6) is 0 Å². The van der Waals surface area contributed by atoms with Gasteiger partial charge in [0.15, 0.2) is 0 Å². The molecule has 0 aromatic heterocycles. The Bertz CT molecular complexity index is 216. The molecule has 0 unspecified atom stereocenters. The van der Waals surface area contributed by atoms with Crippen LogP contribution in [-0.2, 0) is 4.74 Å². The average molecular weight is 166 g/mol. The molecule has 0 saturated carbocycles. The lowest BCUT2D eigenvalue weighted by Gasteiger charge is -2.45. The Labute approximate surface area is 74.8 Å². The maximum Gasteiger partial charge on any atom is 0.0582 e. The maximum absolute atomic E-state index is 5.34. The Morgan fingerprint density at radius 1 is 1.33 bits per heavy atom. The van der Waals surface area contributed by atoms with E-state index in [0.29, 0.717) is 10.8 Å². The third kappa shape index (κ3) is 1.03. The zero-order valence-electron chi connectivity index (χ0n) is 8.31. The number of hydrogen-bond donors (Lipinski definition) is 0. The van der Waals surface area contributed by atoms with Crippen LogP contribution < -0.4 is 0 Å². The minimum absolute atomic E-state index is 0.347. The second-order valence-corrected chi connectivity index (χ2v) is 5.18. The van der Waals surface area contributed by atoms with E-state index in [1.54, 1.807) is 5.57 Å². The molecule has 1 aliphatic heterocycles.